The van der Waals surface area contributed by atoms with Crippen LogP contribution in [0.25, 0.3) is 0 Å². The van der Waals surface area contributed by atoms with Gasteiger partial charge in [-0.3, -0.25) is 4.79 Å². The summed E-state index contributed by atoms with van der Waals surface area (Å²) in [6.07, 6.45) is 4.61. The summed E-state index contributed by atoms with van der Waals surface area (Å²) in [5.41, 5.74) is -1.69. The quantitative estimate of drug-likeness (QED) is 0.737. The van der Waals surface area contributed by atoms with E-state index in [0.29, 0.717) is 25.7 Å². The SMILES string of the molecule is CC1(C)CCCC(O)(C2(C(=O)O)CC2)C1. The maximum absolute atomic E-state index is 11.2. The van der Waals surface area contributed by atoms with Crippen LogP contribution >= 0.6 is 0 Å². The highest BCUT2D eigenvalue weighted by molar-refractivity contribution is 5.79. The van der Waals surface area contributed by atoms with Crippen molar-refractivity contribution in [3.63, 3.8) is 0 Å². The van der Waals surface area contributed by atoms with Gasteiger partial charge in [-0.15, -0.1) is 0 Å². The molecule has 3 nitrogen and oxygen atoms in total. The van der Waals surface area contributed by atoms with E-state index >= 15 is 0 Å². The molecule has 1 atom stereocenters. The van der Waals surface area contributed by atoms with Crippen molar-refractivity contribution < 1.29 is 15.0 Å². The van der Waals surface area contributed by atoms with Crippen molar-refractivity contribution in [2.45, 2.75) is 58.0 Å². The number of aliphatic hydroxyl groups is 1. The molecule has 0 spiro atoms. The average Bonchev–Trinajstić information content (AvgIpc) is 2.79. The largest absolute Gasteiger partial charge is 0.481 e. The van der Waals surface area contributed by atoms with Crippen LogP contribution in [0.3, 0.4) is 0 Å². The molecule has 15 heavy (non-hydrogen) atoms. The molecule has 2 rings (SSSR count). The highest BCUT2D eigenvalue weighted by Gasteiger charge is 2.65. The molecule has 0 aromatic heterocycles. The smallest absolute Gasteiger partial charge is 0.312 e. The van der Waals surface area contributed by atoms with E-state index in [2.05, 4.69) is 13.8 Å². The molecule has 0 radical (unpaired) electrons. The Bertz CT molecular complexity index is 291. The minimum absolute atomic E-state index is 0.0814. The lowest BCUT2D eigenvalue weighted by atomic mass is 9.64. The first-order valence-electron chi connectivity index (χ1n) is 5.77. The highest BCUT2D eigenvalue weighted by atomic mass is 16.4. The molecule has 86 valence electrons. The molecule has 0 heterocycles. The van der Waals surface area contributed by atoms with Crippen LogP contribution in [0.4, 0.5) is 0 Å². The molecule has 2 aliphatic rings. The molecule has 2 fully saturated rings. The highest BCUT2D eigenvalue weighted by Crippen LogP contribution is 2.61. The van der Waals surface area contributed by atoms with E-state index in [0.717, 1.165) is 12.8 Å². The van der Waals surface area contributed by atoms with Gasteiger partial charge < -0.3 is 10.2 Å². The minimum Gasteiger partial charge on any atom is -0.481 e. The van der Waals surface area contributed by atoms with E-state index in [1.807, 2.05) is 0 Å². The third-order valence-electron chi connectivity index (χ3n) is 4.27. The van der Waals surface area contributed by atoms with E-state index in [9.17, 15) is 15.0 Å². The Morgan fingerprint density at radius 2 is 1.73 bits per heavy atom. The van der Waals surface area contributed by atoms with E-state index in [1.165, 1.54) is 0 Å². The van der Waals surface area contributed by atoms with Crippen LogP contribution in [0, 0.1) is 10.8 Å². The van der Waals surface area contributed by atoms with Crippen molar-refractivity contribution in [2.75, 3.05) is 0 Å². The Balaban J connectivity index is 2.23. The van der Waals surface area contributed by atoms with Gasteiger partial charge in [-0.25, -0.2) is 0 Å². The van der Waals surface area contributed by atoms with Crippen molar-refractivity contribution in [1.82, 2.24) is 0 Å². The summed E-state index contributed by atoms with van der Waals surface area (Å²) in [5, 5.41) is 19.8. The van der Waals surface area contributed by atoms with Gasteiger partial charge in [0.15, 0.2) is 0 Å². The molecule has 2 N–H and O–H groups in total. The molecular weight excluding hydrogens is 192 g/mol. The maximum Gasteiger partial charge on any atom is 0.312 e. The van der Waals surface area contributed by atoms with Gasteiger partial charge in [0.05, 0.1) is 11.0 Å². The third-order valence-corrected chi connectivity index (χ3v) is 4.27. The summed E-state index contributed by atoms with van der Waals surface area (Å²) < 4.78 is 0. The number of carboxylic acids is 1. The van der Waals surface area contributed by atoms with Gasteiger partial charge in [-0.05, 0) is 37.5 Å². The Labute approximate surface area is 90.5 Å². The van der Waals surface area contributed by atoms with Gasteiger partial charge in [0.1, 0.15) is 0 Å². The summed E-state index contributed by atoms with van der Waals surface area (Å²) in [7, 11) is 0. The van der Waals surface area contributed by atoms with Gasteiger partial charge in [0.25, 0.3) is 0 Å². The zero-order chi connectivity index (χ0) is 11.3. The number of rotatable bonds is 2. The summed E-state index contributed by atoms with van der Waals surface area (Å²) in [4.78, 5) is 11.2. The molecule has 0 saturated heterocycles. The van der Waals surface area contributed by atoms with E-state index < -0.39 is 17.0 Å². The van der Waals surface area contributed by atoms with E-state index in [4.69, 9.17) is 0 Å². The first kappa shape index (κ1) is 10.9. The fraction of sp³-hybridized carbons (Fsp3) is 0.917. The van der Waals surface area contributed by atoms with Gasteiger partial charge in [-0.2, -0.15) is 0 Å². The van der Waals surface area contributed by atoms with Crippen molar-refractivity contribution in [1.29, 1.82) is 0 Å². The Hall–Kier alpha value is -0.570. The maximum atomic E-state index is 11.2. The topological polar surface area (TPSA) is 57.5 Å². The summed E-state index contributed by atoms with van der Waals surface area (Å²) in [6.45, 7) is 4.24. The van der Waals surface area contributed by atoms with Gasteiger partial charge >= 0.3 is 5.97 Å². The molecular formula is C12H20O3. The number of carboxylic acid groups (broad SMARTS) is 1. The molecule has 0 bridgehead atoms. The zero-order valence-electron chi connectivity index (χ0n) is 9.55. The lowest BCUT2D eigenvalue weighted by molar-refractivity contribution is -0.163. The number of hydrogen-bond acceptors (Lipinski definition) is 2. The summed E-state index contributed by atoms with van der Waals surface area (Å²) in [5.74, 6) is -0.803. The molecule has 0 amide bonds. The van der Waals surface area contributed by atoms with Crippen LogP contribution in [-0.4, -0.2) is 21.8 Å². The Kier molecular flexibility index (Phi) is 2.16. The van der Waals surface area contributed by atoms with Crippen LogP contribution in [0.2, 0.25) is 0 Å². The van der Waals surface area contributed by atoms with E-state index in [-0.39, 0.29) is 5.41 Å². The molecule has 0 aromatic carbocycles. The lowest BCUT2D eigenvalue weighted by Gasteiger charge is -2.45. The normalized spacial score (nSPS) is 37.3. The molecule has 3 heteroatoms. The average molecular weight is 212 g/mol. The van der Waals surface area contributed by atoms with E-state index in [1.54, 1.807) is 0 Å². The third kappa shape index (κ3) is 1.57. The molecule has 0 aliphatic heterocycles. The molecule has 1 unspecified atom stereocenters. The monoisotopic (exact) mass is 212 g/mol. The first-order chi connectivity index (χ1) is 6.81. The fourth-order valence-electron chi connectivity index (χ4n) is 3.24. The second kappa shape index (κ2) is 2.97. The van der Waals surface area contributed by atoms with Crippen LogP contribution in [0.5, 0.6) is 0 Å². The lowest BCUT2D eigenvalue weighted by Crippen LogP contribution is -2.49. The predicted molar refractivity (Wildman–Crippen MR) is 56.5 cm³/mol. The van der Waals surface area contributed by atoms with Gasteiger partial charge in [0, 0.05) is 0 Å². The van der Waals surface area contributed by atoms with Crippen molar-refractivity contribution >= 4 is 5.97 Å². The minimum atomic E-state index is -0.958. The van der Waals surface area contributed by atoms with Crippen LogP contribution < -0.4 is 0 Å². The second-order valence-corrected chi connectivity index (χ2v) is 6.11. The molecule has 2 saturated carbocycles. The van der Waals surface area contributed by atoms with Gasteiger partial charge in [0.2, 0.25) is 0 Å². The van der Waals surface area contributed by atoms with Crippen molar-refractivity contribution in [3.05, 3.63) is 0 Å². The van der Waals surface area contributed by atoms with Crippen LogP contribution in [0.15, 0.2) is 0 Å². The standard InChI is InChI=1S/C12H20O3/c1-10(2)4-3-5-12(15,8-10)11(6-7-11)9(13)14/h15H,3-8H2,1-2H3,(H,13,14). The number of carbonyl (C=O) groups is 1. The Morgan fingerprint density at radius 3 is 2.13 bits per heavy atom. The Morgan fingerprint density at radius 1 is 1.13 bits per heavy atom. The van der Waals surface area contributed by atoms with Crippen LogP contribution in [0.1, 0.15) is 52.4 Å². The summed E-state index contributed by atoms with van der Waals surface area (Å²) >= 11 is 0. The predicted octanol–water partition coefficient (Wildman–Crippen LogP) is 2.18. The zero-order valence-corrected chi connectivity index (χ0v) is 9.55. The summed E-state index contributed by atoms with van der Waals surface area (Å²) in [6, 6.07) is 0. The van der Waals surface area contributed by atoms with Crippen molar-refractivity contribution in [2.24, 2.45) is 10.8 Å². The van der Waals surface area contributed by atoms with Crippen LogP contribution in [-0.2, 0) is 4.79 Å². The number of hydrogen-bond donors (Lipinski definition) is 2. The first-order valence-corrected chi connectivity index (χ1v) is 5.77. The number of aliphatic carboxylic acids is 1. The molecule has 0 aromatic rings. The van der Waals surface area contributed by atoms with Gasteiger partial charge in [-0.1, -0.05) is 20.3 Å². The second-order valence-electron chi connectivity index (χ2n) is 6.11. The fourth-order valence-corrected chi connectivity index (χ4v) is 3.24. The van der Waals surface area contributed by atoms with Crippen molar-refractivity contribution in [3.8, 4) is 0 Å². The molecule has 2 aliphatic carbocycles.